The van der Waals surface area contributed by atoms with Crippen LogP contribution < -0.4 is 5.11 Å². The fraction of sp³-hybridized carbons (Fsp3) is 0.333. The molecule has 0 radical (unpaired) electrons. The van der Waals surface area contributed by atoms with Crippen molar-refractivity contribution in [2.45, 2.75) is 6.42 Å². The fourth-order valence-electron chi connectivity index (χ4n) is 0.649. The van der Waals surface area contributed by atoms with Crippen molar-refractivity contribution >= 4 is 16.4 Å². The first-order valence-electron chi connectivity index (χ1n) is 2.78. The molecule has 0 aliphatic rings. The molecule has 0 fully saturated rings. The first-order valence-corrected chi connectivity index (χ1v) is 4.47. The van der Waals surface area contributed by atoms with Crippen LogP contribution in [0.25, 0.3) is 0 Å². The third-order valence-corrected chi connectivity index (χ3v) is 2.67. The average molecular weight is 157 g/mol. The maximum Gasteiger partial charge on any atom is 0.247 e. The van der Waals surface area contributed by atoms with E-state index in [0.717, 1.165) is 0 Å². The van der Waals surface area contributed by atoms with Gasteiger partial charge in [0.05, 0.1) is 18.6 Å². The van der Waals surface area contributed by atoms with Crippen molar-refractivity contribution < 1.29 is 9.90 Å². The van der Waals surface area contributed by atoms with Crippen LogP contribution >= 0.6 is 10.5 Å². The van der Waals surface area contributed by atoms with Gasteiger partial charge in [-0.2, -0.15) is 0 Å². The summed E-state index contributed by atoms with van der Waals surface area (Å²) in [7, 11) is -0.0826. The Morgan fingerprint density at radius 1 is 1.90 bits per heavy atom. The fourth-order valence-corrected chi connectivity index (χ4v) is 1.62. The molecule has 0 spiro atoms. The molecule has 0 bridgehead atoms. The van der Waals surface area contributed by atoms with E-state index < -0.39 is 5.97 Å². The van der Waals surface area contributed by atoms with Crippen LogP contribution in [-0.2, 0) is 17.5 Å². The topological polar surface area (TPSA) is 53.0 Å². The zero-order valence-corrected chi connectivity index (χ0v) is 6.35. The second kappa shape index (κ2) is 2.79. The van der Waals surface area contributed by atoms with Gasteiger partial charge in [0.25, 0.3) is 0 Å². The highest BCUT2D eigenvalue weighted by atomic mass is 32.2. The van der Waals surface area contributed by atoms with Crippen molar-refractivity contribution in [3.8, 4) is 0 Å². The number of aliphatic carboxylic acids is 1. The number of thiazole rings is 1. The van der Waals surface area contributed by atoms with E-state index in [1.165, 1.54) is 0 Å². The first kappa shape index (κ1) is 7.21. The monoisotopic (exact) mass is 157 g/mol. The van der Waals surface area contributed by atoms with E-state index in [-0.39, 0.29) is 16.9 Å². The quantitative estimate of drug-likeness (QED) is 0.552. The summed E-state index contributed by atoms with van der Waals surface area (Å²) in [4.78, 5) is 14.0. The lowest BCUT2D eigenvalue weighted by Crippen LogP contribution is -2.24. The minimum Gasteiger partial charge on any atom is -0.550 e. The number of carbonyl (C=O) groups excluding carboxylic acids is 1. The zero-order valence-electron chi connectivity index (χ0n) is 5.53. The van der Waals surface area contributed by atoms with Crippen molar-refractivity contribution in [3.63, 3.8) is 0 Å². The molecule has 1 aromatic heterocycles. The molecule has 10 heavy (non-hydrogen) atoms. The molecule has 0 saturated carbocycles. The Bertz CT molecular complexity index is 244. The van der Waals surface area contributed by atoms with Crippen LogP contribution in [0.15, 0.2) is 11.6 Å². The number of carboxylic acids is 1. The molecular formula is C6H7NO2S. The minimum atomic E-state index is -1.05. The number of rotatable bonds is 2. The van der Waals surface area contributed by atoms with Crippen molar-refractivity contribution in [1.29, 1.82) is 0 Å². The molecule has 0 aliphatic heterocycles. The molecular weight excluding hydrogens is 150 g/mol. The number of hydrogen-bond acceptors (Lipinski definition) is 3. The Morgan fingerprint density at radius 3 is 3.00 bits per heavy atom. The lowest BCUT2D eigenvalue weighted by atomic mass is 10.5. The summed E-state index contributed by atoms with van der Waals surface area (Å²) in [6, 6.07) is 0. The van der Waals surface area contributed by atoms with Crippen LogP contribution in [0.4, 0.5) is 0 Å². The molecule has 0 saturated heterocycles. The first-order chi connectivity index (χ1) is 4.70. The number of nitrogens with zero attached hydrogens (tertiary/aromatic N) is 1. The normalized spacial score (nSPS) is 11.5. The Hall–Kier alpha value is -0.900. The molecule has 1 atom stereocenters. The van der Waals surface area contributed by atoms with E-state index in [1.807, 2.05) is 11.6 Å². The number of aromatic nitrogens is 1. The van der Waals surface area contributed by atoms with Crippen LogP contribution in [0, 0.1) is 0 Å². The number of carbonyl (C=O) groups is 1. The van der Waals surface area contributed by atoms with Crippen molar-refractivity contribution in [2.24, 2.45) is 6.26 Å². The predicted octanol–water partition coefficient (Wildman–Crippen LogP) is -0.340. The molecule has 3 nitrogen and oxygen atoms in total. The van der Waals surface area contributed by atoms with Crippen LogP contribution in [-0.4, -0.2) is 11.0 Å². The Morgan fingerprint density at radius 2 is 2.60 bits per heavy atom. The molecule has 1 rings (SSSR count). The van der Waals surface area contributed by atoms with Crippen molar-refractivity contribution in [3.05, 3.63) is 16.6 Å². The molecule has 0 N–H and O–H groups in total. The summed E-state index contributed by atoms with van der Waals surface area (Å²) in [5.74, 6) is -1.05. The van der Waals surface area contributed by atoms with Crippen LogP contribution in [0.1, 0.15) is 5.01 Å². The highest BCUT2D eigenvalue weighted by Gasteiger charge is 2.08. The minimum absolute atomic E-state index is 0.0351. The van der Waals surface area contributed by atoms with Gasteiger partial charge in [0, 0.05) is 0 Å². The summed E-state index contributed by atoms with van der Waals surface area (Å²) in [6.07, 6.45) is 3.54. The molecule has 4 heteroatoms. The van der Waals surface area contributed by atoms with Gasteiger partial charge in [0.1, 0.15) is 6.26 Å². The van der Waals surface area contributed by atoms with E-state index in [2.05, 4.69) is 4.98 Å². The molecule has 0 aromatic carbocycles. The predicted molar refractivity (Wildman–Crippen MR) is 36.4 cm³/mol. The summed E-state index contributed by atoms with van der Waals surface area (Å²) >= 11 is 0. The standard InChI is InChI=1S/C6H7NO2S/c1-10-3-2-7-5(10)4-6(8)9/h2-3H,4H2,1H3. The summed E-state index contributed by atoms with van der Waals surface area (Å²) in [5.41, 5.74) is 0. The van der Waals surface area contributed by atoms with Gasteiger partial charge in [0.2, 0.25) is 5.01 Å². The maximum atomic E-state index is 10.1. The van der Waals surface area contributed by atoms with E-state index in [4.69, 9.17) is 0 Å². The lowest BCUT2D eigenvalue weighted by Gasteiger charge is -1.92. The van der Waals surface area contributed by atoms with Crippen LogP contribution in [0.2, 0.25) is 0 Å². The number of hydrogen-bond donors (Lipinski definition) is 0. The van der Waals surface area contributed by atoms with Crippen LogP contribution in [0.3, 0.4) is 0 Å². The van der Waals surface area contributed by atoms with Gasteiger partial charge in [-0.3, -0.25) is 0 Å². The van der Waals surface area contributed by atoms with Gasteiger partial charge in [-0.05, 0) is 10.5 Å². The van der Waals surface area contributed by atoms with Crippen molar-refractivity contribution in [2.75, 3.05) is 0 Å². The SMILES string of the molecule is C[s+]1ccnc1CC(=O)[O-]. The van der Waals surface area contributed by atoms with Gasteiger partial charge in [-0.15, -0.1) is 0 Å². The van der Waals surface area contributed by atoms with Gasteiger partial charge in [-0.25, -0.2) is 4.98 Å². The Balaban J connectivity index is 2.74. The highest BCUT2D eigenvalue weighted by Crippen LogP contribution is 2.17. The van der Waals surface area contributed by atoms with Gasteiger partial charge in [0.15, 0.2) is 5.38 Å². The second-order valence-electron chi connectivity index (χ2n) is 1.91. The summed E-state index contributed by atoms with van der Waals surface area (Å²) in [6.45, 7) is 0. The molecule has 0 aliphatic carbocycles. The van der Waals surface area contributed by atoms with E-state index >= 15 is 0 Å². The Labute approximate surface area is 61.3 Å². The smallest absolute Gasteiger partial charge is 0.247 e. The molecule has 54 valence electrons. The number of aryl methyl sites for hydroxylation is 1. The largest absolute Gasteiger partial charge is 0.550 e. The molecule has 0 amide bonds. The third kappa shape index (κ3) is 1.54. The zero-order chi connectivity index (χ0) is 7.56. The van der Waals surface area contributed by atoms with Gasteiger partial charge in [-0.1, -0.05) is 0 Å². The van der Waals surface area contributed by atoms with E-state index in [1.54, 1.807) is 6.20 Å². The van der Waals surface area contributed by atoms with E-state index in [9.17, 15) is 9.90 Å². The van der Waals surface area contributed by atoms with Gasteiger partial charge < -0.3 is 9.90 Å². The van der Waals surface area contributed by atoms with Gasteiger partial charge >= 0.3 is 0 Å². The number of carboxylic acid groups (broad SMARTS) is 1. The van der Waals surface area contributed by atoms with E-state index in [0.29, 0.717) is 5.01 Å². The summed E-state index contributed by atoms with van der Waals surface area (Å²) in [5, 5.41) is 12.7. The Kier molecular flexibility index (Phi) is 2.01. The highest BCUT2D eigenvalue weighted by molar-refractivity contribution is 7.27. The molecule has 1 heterocycles. The molecule has 1 unspecified atom stereocenters. The summed E-state index contributed by atoms with van der Waals surface area (Å²) < 4.78 is 0. The average Bonchev–Trinajstić information content (AvgIpc) is 2.15. The van der Waals surface area contributed by atoms with Crippen LogP contribution in [0.5, 0.6) is 0 Å². The molecule has 1 aromatic rings. The lowest BCUT2D eigenvalue weighted by molar-refractivity contribution is -0.304. The maximum absolute atomic E-state index is 10.1. The second-order valence-corrected chi connectivity index (χ2v) is 3.77. The van der Waals surface area contributed by atoms with Crippen molar-refractivity contribution in [1.82, 2.24) is 4.98 Å². The third-order valence-electron chi connectivity index (χ3n) is 1.15.